The van der Waals surface area contributed by atoms with Gasteiger partial charge in [0.2, 0.25) is 0 Å². The van der Waals surface area contributed by atoms with Crippen molar-refractivity contribution in [2.45, 2.75) is 25.0 Å². The fourth-order valence-corrected chi connectivity index (χ4v) is 3.22. The van der Waals surface area contributed by atoms with Gasteiger partial charge >= 0.3 is 5.97 Å². The molecule has 2 heterocycles. The Kier molecular flexibility index (Phi) is 5.06. The minimum Gasteiger partial charge on any atom is -0.481 e. The van der Waals surface area contributed by atoms with Gasteiger partial charge in [-0.25, -0.2) is 4.68 Å². The Morgan fingerprint density at radius 2 is 2.20 bits per heavy atom. The van der Waals surface area contributed by atoms with Gasteiger partial charge < -0.3 is 14.7 Å². The molecule has 1 fully saturated rings. The lowest BCUT2D eigenvalue weighted by molar-refractivity contribution is -0.138. The standard InChI is InChI=1S/C17H18ClN3O4/c1-25-14-8-13(9-16(22)23)20(10-14)17(24)15-5-6-21(19-15)12-4-2-3-11(18)7-12/h2-7,13-14H,8-10H2,1H3,(H,22,23). The maximum absolute atomic E-state index is 12.8. The molecule has 1 amide bonds. The number of amides is 1. The molecule has 1 saturated heterocycles. The summed E-state index contributed by atoms with van der Waals surface area (Å²) in [5, 5.41) is 14.0. The zero-order valence-electron chi connectivity index (χ0n) is 13.6. The van der Waals surface area contributed by atoms with Crippen LogP contribution in [0.15, 0.2) is 36.5 Å². The van der Waals surface area contributed by atoms with Crippen molar-refractivity contribution in [2.24, 2.45) is 0 Å². The number of methoxy groups -OCH3 is 1. The monoisotopic (exact) mass is 363 g/mol. The number of hydrogen-bond acceptors (Lipinski definition) is 4. The number of halogens is 1. The molecule has 0 spiro atoms. The molecule has 1 aromatic heterocycles. The topological polar surface area (TPSA) is 84.7 Å². The normalized spacial score (nSPS) is 20.0. The molecule has 132 valence electrons. The first kappa shape index (κ1) is 17.4. The lowest BCUT2D eigenvalue weighted by Gasteiger charge is -2.22. The quantitative estimate of drug-likeness (QED) is 0.880. The number of likely N-dealkylation sites (tertiary alicyclic amines) is 1. The first-order valence-corrected chi connectivity index (χ1v) is 8.23. The Bertz CT molecular complexity index is 792. The van der Waals surface area contributed by atoms with Gasteiger partial charge in [-0.3, -0.25) is 9.59 Å². The van der Waals surface area contributed by atoms with Gasteiger partial charge in [-0.1, -0.05) is 17.7 Å². The Balaban J connectivity index is 1.81. The maximum Gasteiger partial charge on any atom is 0.305 e. The molecule has 25 heavy (non-hydrogen) atoms. The summed E-state index contributed by atoms with van der Waals surface area (Å²) in [6, 6.07) is 8.34. The number of carbonyl (C=O) groups excluding carboxylic acids is 1. The molecule has 1 aliphatic rings. The molecule has 0 aliphatic carbocycles. The Labute approximate surface area is 149 Å². The number of aromatic nitrogens is 2. The molecule has 2 unspecified atom stereocenters. The molecule has 0 bridgehead atoms. The molecule has 1 aliphatic heterocycles. The van der Waals surface area contributed by atoms with Gasteiger partial charge in [0.15, 0.2) is 5.69 Å². The molecule has 0 radical (unpaired) electrons. The number of carboxylic acids is 1. The summed E-state index contributed by atoms with van der Waals surface area (Å²) in [5.41, 5.74) is 0.997. The highest BCUT2D eigenvalue weighted by Gasteiger charge is 2.37. The van der Waals surface area contributed by atoms with E-state index < -0.39 is 12.0 Å². The van der Waals surface area contributed by atoms with Crippen LogP contribution in [0.3, 0.4) is 0 Å². The van der Waals surface area contributed by atoms with Crippen molar-refractivity contribution in [3.05, 3.63) is 47.2 Å². The number of rotatable bonds is 5. The van der Waals surface area contributed by atoms with Crippen molar-refractivity contribution in [2.75, 3.05) is 13.7 Å². The van der Waals surface area contributed by atoms with Crippen LogP contribution >= 0.6 is 11.6 Å². The van der Waals surface area contributed by atoms with Crippen molar-refractivity contribution in [1.29, 1.82) is 0 Å². The summed E-state index contributed by atoms with van der Waals surface area (Å²) in [5.74, 6) is -1.24. The average molecular weight is 364 g/mol. The molecular weight excluding hydrogens is 346 g/mol. The highest BCUT2D eigenvalue weighted by Crippen LogP contribution is 2.24. The third-order valence-corrected chi connectivity index (χ3v) is 4.50. The van der Waals surface area contributed by atoms with E-state index in [-0.39, 0.29) is 24.1 Å². The molecule has 3 rings (SSSR count). The largest absolute Gasteiger partial charge is 0.481 e. The molecule has 1 N–H and O–H groups in total. The van der Waals surface area contributed by atoms with Crippen molar-refractivity contribution in [3.8, 4) is 5.69 Å². The Morgan fingerprint density at radius 3 is 2.88 bits per heavy atom. The predicted molar refractivity (Wildman–Crippen MR) is 91.1 cm³/mol. The van der Waals surface area contributed by atoms with Crippen LogP contribution in [-0.2, 0) is 9.53 Å². The second kappa shape index (κ2) is 7.25. The average Bonchev–Trinajstić information content (AvgIpc) is 3.21. The highest BCUT2D eigenvalue weighted by molar-refractivity contribution is 6.30. The summed E-state index contributed by atoms with van der Waals surface area (Å²) in [6.45, 7) is 0.358. The van der Waals surface area contributed by atoms with E-state index in [1.165, 1.54) is 4.90 Å². The van der Waals surface area contributed by atoms with Crippen LogP contribution in [0.1, 0.15) is 23.3 Å². The fraction of sp³-hybridized carbons (Fsp3) is 0.353. The van der Waals surface area contributed by atoms with E-state index >= 15 is 0 Å². The third kappa shape index (κ3) is 3.83. The van der Waals surface area contributed by atoms with E-state index in [0.717, 1.165) is 5.69 Å². The number of ether oxygens (including phenoxy) is 1. The summed E-state index contributed by atoms with van der Waals surface area (Å²) in [7, 11) is 1.56. The van der Waals surface area contributed by atoms with Crippen LogP contribution in [0.5, 0.6) is 0 Å². The maximum atomic E-state index is 12.8. The van der Waals surface area contributed by atoms with E-state index in [1.807, 2.05) is 6.07 Å². The summed E-state index contributed by atoms with van der Waals surface area (Å²) in [6.07, 6.45) is 1.90. The van der Waals surface area contributed by atoms with Crippen LogP contribution in [0.25, 0.3) is 5.69 Å². The SMILES string of the molecule is COC1CC(CC(=O)O)N(C(=O)c2ccn(-c3cccc(Cl)c3)n2)C1. The van der Waals surface area contributed by atoms with Crippen molar-refractivity contribution in [3.63, 3.8) is 0 Å². The van der Waals surface area contributed by atoms with Crippen molar-refractivity contribution in [1.82, 2.24) is 14.7 Å². The lowest BCUT2D eigenvalue weighted by Crippen LogP contribution is -2.37. The number of aliphatic carboxylic acids is 1. The molecule has 2 atom stereocenters. The van der Waals surface area contributed by atoms with Gasteiger partial charge in [-0.2, -0.15) is 5.10 Å². The van der Waals surface area contributed by atoms with Gasteiger partial charge in [0.1, 0.15) is 0 Å². The van der Waals surface area contributed by atoms with Gasteiger partial charge in [0, 0.05) is 30.9 Å². The zero-order valence-corrected chi connectivity index (χ0v) is 14.4. The molecule has 0 saturated carbocycles. The molecule has 8 heteroatoms. The minimum absolute atomic E-state index is 0.111. The predicted octanol–water partition coefficient (Wildman–Crippen LogP) is 2.23. The Hall–Kier alpha value is -2.38. The first-order valence-electron chi connectivity index (χ1n) is 7.85. The molecule has 1 aromatic carbocycles. The number of nitrogens with zero attached hydrogens (tertiary/aromatic N) is 3. The summed E-state index contributed by atoms with van der Waals surface area (Å²) >= 11 is 5.98. The van der Waals surface area contributed by atoms with E-state index in [2.05, 4.69) is 5.10 Å². The number of benzene rings is 1. The van der Waals surface area contributed by atoms with Crippen molar-refractivity contribution < 1.29 is 19.4 Å². The van der Waals surface area contributed by atoms with E-state index in [9.17, 15) is 9.59 Å². The van der Waals surface area contributed by atoms with E-state index in [1.54, 1.807) is 42.3 Å². The second-order valence-electron chi connectivity index (χ2n) is 5.93. The number of hydrogen-bond donors (Lipinski definition) is 1. The first-order chi connectivity index (χ1) is 12.0. The van der Waals surface area contributed by atoms with Gasteiger partial charge in [0.05, 0.1) is 18.2 Å². The molecule has 2 aromatic rings. The lowest BCUT2D eigenvalue weighted by atomic mass is 10.1. The molecular formula is C17H18ClN3O4. The van der Waals surface area contributed by atoms with Gasteiger partial charge in [-0.15, -0.1) is 0 Å². The van der Waals surface area contributed by atoms with Gasteiger partial charge in [0.25, 0.3) is 5.91 Å². The molecule has 7 nitrogen and oxygen atoms in total. The zero-order chi connectivity index (χ0) is 18.0. The van der Waals surface area contributed by atoms with Crippen LogP contribution in [0.4, 0.5) is 0 Å². The van der Waals surface area contributed by atoms with Crippen LogP contribution in [0, 0.1) is 0 Å². The van der Waals surface area contributed by atoms with Crippen LogP contribution < -0.4 is 0 Å². The number of carboxylic acid groups (broad SMARTS) is 1. The second-order valence-corrected chi connectivity index (χ2v) is 6.36. The van der Waals surface area contributed by atoms with Crippen LogP contribution in [-0.4, -0.2) is 57.5 Å². The number of carbonyl (C=O) groups is 2. The fourth-order valence-electron chi connectivity index (χ4n) is 3.04. The van der Waals surface area contributed by atoms with Gasteiger partial charge in [-0.05, 0) is 30.7 Å². The van der Waals surface area contributed by atoms with Crippen LogP contribution in [0.2, 0.25) is 5.02 Å². The smallest absolute Gasteiger partial charge is 0.305 e. The van der Waals surface area contributed by atoms with Crippen molar-refractivity contribution >= 4 is 23.5 Å². The third-order valence-electron chi connectivity index (χ3n) is 4.26. The van der Waals surface area contributed by atoms with E-state index in [4.69, 9.17) is 21.4 Å². The minimum atomic E-state index is -0.941. The summed E-state index contributed by atoms with van der Waals surface area (Å²) in [4.78, 5) is 25.4. The van der Waals surface area contributed by atoms with E-state index in [0.29, 0.717) is 18.0 Å². The Morgan fingerprint density at radius 1 is 1.40 bits per heavy atom. The summed E-state index contributed by atoms with van der Waals surface area (Å²) < 4.78 is 6.86. The highest BCUT2D eigenvalue weighted by atomic mass is 35.5.